The van der Waals surface area contributed by atoms with Crippen LogP contribution in [0.15, 0.2) is 71.5 Å². The smallest absolute Gasteiger partial charge is 0.254 e. The molecule has 150 valence electrons. The summed E-state index contributed by atoms with van der Waals surface area (Å²) in [7, 11) is 0. The van der Waals surface area contributed by atoms with Crippen LogP contribution >= 0.6 is 15.9 Å². The second-order valence-electron chi connectivity index (χ2n) is 7.71. The van der Waals surface area contributed by atoms with Gasteiger partial charge in [-0.15, -0.1) is 0 Å². The van der Waals surface area contributed by atoms with E-state index in [2.05, 4.69) is 52.5 Å². The molecule has 0 N–H and O–H groups in total. The fourth-order valence-electron chi connectivity index (χ4n) is 4.07. The van der Waals surface area contributed by atoms with E-state index in [0.29, 0.717) is 18.7 Å². The molecule has 0 atom stereocenters. The van der Waals surface area contributed by atoms with Crippen LogP contribution in [0, 0.1) is 13.8 Å². The predicted molar refractivity (Wildman–Crippen MR) is 120 cm³/mol. The lowest BCUT2D eigenvalue weighted by Gasteiger charge is -2.18. The monoisotopic (exact) mass is 460 g/mol. The van der Waals surface area contributed by atoms with Gasteiger partial charge in [-0.2, -0.15) is 5.10 Å². The average molecular weight is 461 g/mol. The second kappa shape index (κ2) is 7.29. The first kappa shape index (κ1) is 18.9. The number of aromatic nitrogens is 3. The lowest BCUT2D eigenvalue weighted by molar-refractivity contribution is 0.0749. The largest absolute Gasteiger partial charge is 0.328 e. The minimum atomic E-state index is 0.0250. The summed E-state index contributed by atoms with van der Waals surface area (Å²) in [6, 6.07) is 17.9. The molecular weight excluding hydrogens is 440 g/mol. The fourth-order valence-corrected chi connectivity index (χ4v) is 4.34. The molecule has 0 saturated heterocycles. The molecule has 30 heavy (non-hydrogen) atoms. The van der Waals surface area contributed by atoms with Gasteiger partial charge in [0.25, 0.3) is 5.91 Å². The lowest BCUT2D eigenvalue weighted by Crippen LogP contribution is -2.26. The first-order valence-electron chi connectivity index (χ1n) is 9.88. The molecule has 0 fully saturated rings. The predicted octanol–water partition coefficient (Wildman–Crippen LogP) is 5.20. The van der Waals surface area contributed by atoms with Crippen molar-refractivity contribution in [2.24, 2.45) is 0 Å². The van der Waals surface area contributed by atoms with Crippen molar-refractivity contribution >= 4 is 21.8 Å². The van der Waals surface area contributed by atoms with Gasteiger partial charge < -0.3 is 9.47 Å². The zero-order chi connectivity index (χ0) is 20.8. The number of carbonyl (C=O) groups is 1. The van der Waals surface area contributed by atoms with Crippen molar-refractivity contribution in [2.45, 2.75) is 26.9 Å². The highest BCUT2D eigenvalue weighted by atomic mass is 79.9. The van der Waals surface area contributed by atoms with Crippen LogP contribution in [0.25, 0.3) is 11.5 Å². The number of carbonyl (C=O) groups excluding carboxylic acids is 1. The number of halogens is 1. The van der Waals surface area contributed by atoms with Crippen molar-refractivity contribution in [3.05, 3.63) is 99.4 Å². The van der Waals surface area contributed by atoms with Crippen LogP contribution < -0.4 is 0 Å². The summed E-state index contributed by atoms with van der Waals surface area (Å²) in [4.78, 5) is 14.9. The van der Waals surface area contributed by atoms with E-state index in [1.54, 1.807) is 0 Å². The van der Waals surface area contributed by atoms with Gasteiger partial charge in [0.15, 0.2) is 0 Å². The molecule has 2 aromatic heterocycles. The Morgan fingerprint density at radius 1 is 1.00 bits per heavy atom. The van der Waals surface area contributed by atoms with E-state index >= 15 is 0 Å². The normalized spacial score (nSPS) is 13.0. The van der Waals surface area contributed by atoms with Gasteiger partial charge in [-0.3, -0.25) is 4.79 Å². The molecule has 5 nitrogen and oxygen atoms in total. The van der Waals surface area contributed by atoms with Crippen molar-refractivity contribution in [3.8, 4) is 11.5 Å². The van der Waals surface area contributed by atoms with Gasteiger partial charge in [-0.25, -0.2) is 4.68 Å². The number of fused-ring (bicyclic) bond motifs is 1. The number of aryl methyl sites for hydroxylation is 2. The van der Waals surface area contributed by atoms with Crippen LogP contribution in [0.5, 0.6) is 0 Å². The van der Waals surface area contributed by atoms with Gasteiger partial charge in [0.1, 0.15) is 5.82 Å². The summed E-state index contributed by atoms with van der Waals surface area (Å²) in [6.07, 6.45) is 4.05. The molecule has 1 aliphatic rings. The number of amides is 1. The number of hydrogen-bond acceptors (Lipinski definition) is 2. The molecule has 5 rings (SSSR count). The first-order chi connectivity index (χ1) is 14.5. The standard InChI is InChI=1S/C24H21BrN4O/c1-16-5-10-22(17(2)13-16)29-23(27-11-3-4-12-27)20-14-28(15-21(20)26-29)24(30)18-6-8-19(25)9-7-18/h3-13H,14-15H2,1-2H3. The van der Waals surface area contributed by atoms with Crippen LogP contribution in [0.3, 0.4) is 0 Å². The molecule has 0 spiro atoms. The van der Waals surface area contributed by atoms with Crippen molar-refractivity contribution in [3.63, 3.8) is 0 Å². The van der Waals surface area contributed by atoms with E-state index in [0.717, 1.165) is 27.2 Å². The molecule has 6 heteroatoms. The van der Waals surface area contributed by atoms with Gasteiger partial charge in [0, 0.05) is 28.0 Å². The summed E-state index contributed by atoms with van der Waals surface area (Å²) in [5.41, 5.74) is 6.19. The maximum atomic E-state index is 13.0. The molecule has 4 aromatic rings. The summed E-state index contributed by atoms with van der Waals surface area (Å²) < 4.78 is 5.06. The van der Waals surface area contributed by atoms with Crippen LogP contribution in [0.1, 0.15) is 32.7 Å². The van der Waals surface area contributed by atoms with Crippen molar-refractivity contribution in [1.29, 1.82) is 0 Å². The molecule has 0 saturated carbocycles. The third-order valence-corrected chi connectivity index (χ3v) is 6.07. The second-order valence-corrected chi connectivity index (χ2v) is 8.62. The van der Waals surface area contributed by atoms with Crippen LogP contribution in [-0.4, -0.2) is 25.2 Å². The van der Waals surface area contributed by atoms with Gasteiger partial charge in [0.05, 0.1) is 24.5 Å². The lowest BCUT2D eigenvalue weighted by atomic mass is 10.1. The molecule has 0 radical (unpaired) electrons. The summed E-state index contributed by atoms with van der Waals surface area (Å²) in [5, 5.41) is 4.94. The van der Waals surface area contributed by atoms with Crippen molar-refractivity contribution in [2.75, 3.05) is 0 Å². The third kappa shape index (κ3) is 3.17. The highest BCUT2D eigenvalue weighted by Gasteiger charge is 2.32. The minimum Gasteiger partial charge on any atom is -0.328 e. The Kier molecular flexibility index (Phi) is 4.59. The molecule has 3 heterocycles. The Bertz CT molecular complexity index is 1240. The summed E-state index contributed by atoms with van der Waals surface area (Å²) >= 11 is 3.43. The molecule has 0 bridgehead atoms. The zero-order valence-electron chi connectivity index (χ0n) is 16.8. The Balaban J connectivity index is 1.56. The van der Waals surface area contributed by atoms with Gasteiger partial charge in [0.2, 0.25) is 0 Å². The Morgan fingerprint density at radius 2 is 1.73 bits per heavy atom. The van der Waals surface area contributed by atoms with Crippen LogP contribution in [0.2, 0.25) is 0 Å². The van der Waals surface area contributed by atoms with E-state index in [1.165, 1.54) is 11.1 Å². The van der Waals surface area contributed by atoms with Crippen molar-refractivity contribution in [1.82, 2.24) is 19.2 Å². The van der Waals surface area contributed by atoms with Gasteiger partial charge >= 0.3 is 0 Å². The Hall–Kier alpha value is -3.12. The van der Waals surface area contributed by atoms with Crippen LogP contribution in [-0.2, 0) is 13.1 Å². The maximum Gasteiger partial charge on any atom is 0.254 e. The molecule has 1 amide bonds. The molecule has 0 unspecified atom stereocenters. The first-order valence-corrected chi connectivity index (χ1v) is 10.7. The molecule has 2 aromatic carbocycles. The van der Waals surface area contributed by atoms with Gasteiger partial charge in [-0.05, 0) is 61.9 Å². The summed E-state index contributed by atoms with van der Waals surface area (Å²) in [6.45, 7) is 5.26. The Morgan fingerprint density at radius 3 is 2.43 bits per heavy atom. The van der Waals surface area contributed by atoms with E-state index in [1.807, 2.05) is 58.4 Å². The molecule has 0 aliphatic carbocycles. The highest BCUT2D eigenvalue weighted by molar-refractivity contribution is 9.10. The number of hydrogen-bond donors (Lipinski definition) is 0. The minimum absolute atomic E-state index is 0.0250. The Labute approximate surface area is 183 Å². The highest BCUT2D eigenvalue weighted by Crippen LogP contribution is 2.32. The maximum absolute atomic E-state index is 13.0. The van der Waals surface area contributed by atoms with E-state index < -0.39 is 0 Å². The SMILES string of the molecule is Cc1ccc(-n2nc3c(c2-n2cccc2)CN(C(=O)c2ccc(Br)cc2)C3)c(C)c1. The quantitative estimate of drug-likeness (QED) is 0.421. The fraction of sp³-hybridized carbons (Fsp3) is 0.167. The number of rotatable bonds is 3. The van der Waals surface area contributed by atoms with Crippen molar-refractivity contribution < 1.29 is 4.79 Å². The number of nitrogens with zero attached hydrogens (tertiary/aromatic N) is 4. The third-order valence-electron chi connectivity index (χ3n) is 5.54. The topological polar surface area (TPSA) is 43.1 Å². The van der Waals surface area contributed by atoms with Crippen LogP contribution in [0.4, 0.5) is 0 Å². The number of benzene rings is 2. The molecule has 1 aliphatic heterocycles. The zero-order valence-corrected chi connectivity index (χ0v) is 18.4. The summed E-state index contributed by atoms with van der Waals surface area (Å²) in [5.74, 6) is 1.02. The molecular formula is C24H21BrN4O. The van der Waals surface area contributed by atoms with E-state index in [-0.39, 0.29) is 5.91 Å². The van der Waals surface area contributed by atoms with E-state index in [4.69, 9.17) is 5.10 Å². The average Bonchev–Trinajstić information content (AvgIpc) is 3.44. The van der Waals surface area contributed by atoms with Gasteiger partial charge in [-0.1, -0.05) is 33.6 Å². The van der Waals surface area contributed by atoms with E-state index in [9.17, 15) is 4.79 Å².